The average Bonchev–Trinajstić information content (AvgIpc) is 2.48. The van der Waals surface area contributed by atoms with Crippen LogP contribution in [0.3, 0.4) is 0 Å². The number of ether oxygens (including phenoxy) is 1. The highest BCUT2D eigenvalue weighted by molar-refractivity contribution is 5.27. The van der Waals surface area contributed by atoms with Crippen molar-refractivity contribution in [1.29, 1.82) is 0 Å². The predicted molar refractivity (Wildman–Crippen MR) is 71.0 cm³/mol. The van der Waals surface area contributed by atoms with E-state index in [-0.39, 0.29) is 11.2 Å². The molecule has 1 saturated heterocycles. The summed E-state index contributed by atoms with van der Waals surface area (Å²) in [7, 11) is 0. The number of hydrogen-bond acceptors (Lipinski definition) is 1. The maximum Gasteiger partial charge on any atom is 0.0930 e. The smallest absolute Gasteiger partial charge is 0.0930 e. The van der Waals surface area contributed by atoms with Crippen molar-refractivity contribution in [3.63, 3.8) is 0 Å². The second kappa shape index (κ2) is 3.85. The Kier molecular flexibility index (Phi) is 2.66. The van der Waals surface area contributed by atoms with Gasteiger partial charge >= 0.3 is 0 Å². The van der Waals surface area contributed by atoms with E-state index in [4.69, 9.17) is 4.74 Å². The molecule has 3 aliphatic rings. The lowest BCUT2D eigenvalue weighted by molar-refractivity contribution is -0.0978. The Labute approximate surface area is 106 Å². The van der Waals surface area contributed by atoms with Gasteiger partial charge in [0.2, 0.25) is 0 Å². The van der Waals surface area contributed by atoms with Crippen LogP contribution < -0.4 is 0 Å². The topological polar surface area (TPSA) is 9.23 Å². The van der Waals surface area contributed by atoms with Gasteiger partial charge in [0, 0.05) is 0 Å². The molecule has 0 aromatic rings. The molecule has 0 amide bonds. The van der Waals surface area contributed by atoms with Crippen LogP contribution >= 0.6 is 0 Å². The van der Waals surface area contributed by atoms with Gasteiger partial charge in [0.05, 0.1) is 11.2 Å². The predicted octanol–water partition coefficient (Wildman–Crippen LogP) is 4.47. The molecule has 3 unspecified atom stereocenters. The van der Waals surface area contributed by atoms with E-state index in [0.29, 0.717) is 0 Å². The van der Waals surface area contributed by atoms with Crippen LogP contribution in [0.4, 0.5) is 0 Å². The van der Waals surface area contributed by atoms with Gasteiger partial charge in [0.1, 0.15) is 0 Å². The fraction of sp³-hybridized carbons (Fsp3) is 0.875. The summed E-state index contributed by atoms with van der Waals surface area (Å²) in [6, 6.07) is 0. The van der Waals surface area contributed by atoms with Crippen molar-refractivity contribution in [2.75, 3.05) is 0 Å². The summed E-state index contributed by atoms with van der Waals surface area (Å²) in [5.41, 5.74) is 1.91. The second-order valence-electron chi connectivity index (χ2n) is 6.83. The van der Waals surface area contributed by atoms with Crippen LogP contribution in [0.25, 0.3) is 0 Å². The molecule has 0 radical (unpaired) electrons. The maximum atomic E-state index is 6.66. The van der Waals surface area contributed by atoms with Crippen molar-refractivity contribution in [3.05, 3.63) is 11.6 Å². The first-order valence-electron chi connectivity index (χ1n) is 7.48. The van der Waals surface area contributed by atoms with Gasteiger partial charge < -0.3 is 4.74 Å². The highest BCUT2D eigenvalue weighted by Gasteiger charge is 2.59. The second-order valence-corrected chi connectivity index (χ2v) is 6.83. The number of rotatable bonds is 2. The molecule has 3 rings (SSSR count). The summed E-state index contributed by atoms with van der Waals surface area (Å²) >= 11 is 0. The summed E-state index contributed by atoms with van der Waals surface area (Å²) < 4.78 is 6.66. The van der Waals surface area contributed by atoms with E-state index in [9.17, 15) is 0 Å². The van der Waals surface area contributed by atoms with Gasteiger partial charge in [-0.3, -0.25) is 0 Å². The highest BCUT2D eigenvalue weighted by Crippen LogP contribution is 2.59. The first-order chi connectivity index (χ1) is 8.08. The zero-order valence-corrected chi connectivity index (χ0v) is 11.6. The van der Waals surface area contributed by atoms with Crippen molar-refractivity contribution in [3.8, 4) is 0 Å². The van der Waals surface area contributed by atoms with Crippen LogP contribution in [0, 0.1) is 11.8 Å². The third-order valence-corrected chi connectivity index (χ3v) is 5.47. The van der Waals surface area contributed by atoms with Crippen molar-refractivity contribution in [1.82, 2.24) is 0 Å². The van der Waals surface area contributed by atoms with Gasteiger partial charge in [0.25, 0.3) is 0 Å². The normalized spacial score (nSPS) is 43.1. The molecule has 2 bridgehead atoms. The molecule has 1 nitrogen and oxygen atoms in total. The molecule has 1 heteroatoms. The zero-order chi connectivity index (χ0) is 12.1. The highest BCUT2D eigenvalue weighted by atomic mass is 16.5. The lowest BCUT2D eigenvalue weighted by atomic mass is 9.63. The SMILES string of the molecule is CCCC1=CCCC2CCC3CC12OC3(C)C. The molecule has 0 N–H and O–H groups in total. The Morgan fingerprint density at radius 3 is 2.76 bits per heavy atom. The minimum absolute atomic E-state index is 0.110. The van der Waals surface area contributed by atoms with E-state index in [1.807, 2.05) is 0 Å². The largest absolute Gasteiger partial charge is 0.364 e. The Hall–Kier alpha value is -0.300. The summed E-state index contributed by atoms with van der Waals surface area (Å²) in [6.07, 6.45) is 11.7. The summed E-state index contributed by atoms with van der Waals surface area (Å²) in [4.78, 5) is 0. The van der Waals surface area contributed by atoms with Gasteiger partial charge in [-0.15, -0.1) is 0 Å². The molecule has 1 aliphatic heterocycles. The lowest BCUT2D eigenvalue weighted by Gasteiger charge is -2.44. The van der Waals surface area contributed by atoms with E-state index in [1.54, 1.807) is 5.57 Å². The maximum absolute atomic E-state index is 6.66. The van der Waals surface area contributed by atoms with Crippen LogP contribution in [0.1, 0.15) is 65.7 Å². The van der Waals surface area contributed by atoms with E-state index < -0.39 is 0 Å². The van der Waals surface area contributed by atoms with E-state index in [0.717, 1.165) is 11.8 Å². The third-order valence-electron chi connectivity index (χ3n) is 5.47. The van der Waals surface area contributed by atoms with Gasteiger partial charge in [-0.2, -0.15) is 0 Å². The van der Waals surface area contributed by atoms with Gasteiger partial charge in [0.15, 0.2) is 0 Å². The Bertz CT molecular complexity index is 341. The molecule has 2 aliphatic carbocycles. The third kappa shape index (κ3) is 1.62. The molecule has 1 heterocycles. The number of hydrogen-bond donors (Lipinski definition) is 0. The molecule has 3 atom stereocenters. The number of fused-ring (bicyclic) bond motifs is 1. The first kappa shape index (κ1) is 11.8. The minimum atomic E-state index is 0.110. The van der Waals surface area contributed by atoms with Crippen molar-refractivity contribution in [2.45, 2.75) is 76.9 Å². The molecule has 1 saturated carbocycles. The Balaban J connectivity index is 1.98. The van der Waals surface area contributed by atoms with Crippen LogP contribution in [0.5, 0.6) is 0 Å². The van der Waals surface area contributed by atoms with E-state index in [2.05, 4.69) is 26.8 Å². The van der Waals surface area contributed by atoms with E-state index in [1.165, 1.54) is 44.9 Å². The summed E-state index contributed by atoms with van der Waals surface area (Å²) in [5.74, 6) is 1.60. The summed E-state index contributed by atoms with van der Waals surface area (Å²) in [5, 5.41) is 0. The fourth-order valence-electron chi connectivity index (χ4n) is 4.59. The standard InChI is InChI=1S/C16H26O/c1-4-6-12-7-5-8-13-9-10-14-11-16(12,13)17-15(14,2)3/h7,13-14H,4-6,8-11H2,1-3H3. The van der Waals surface area contributed by atoms with Crippen LogP contribution in [-0.2, 0) is 4.74 Å². The Morgan fingerprint density at radius 2 is 2.00 bits per heavy atom. The molecule has 0 aromatic carbocycles. The summed E-state index contributed by atoms with van der Waals surface area (Å²) in [6.45, 7) is 6.92. The van der Waals surface area contributed by atoms with Crippen LogP contribution in [-0.4, -0.2) is 11.2 Å². The monoisotopic (exact) mass is 234 g/mol. The van der Waals surface area contributed by atoms with Gasteiger partial charge in [-0.1, -0.05) is 19.4 Å². The Morgan fingerprint density at radius 1 is 1.24 bits per heavy atom. The molecular formula is C16H26O. The van der Waals surface area contributed by atoms with Crippen molar-refractivity contribution < 1.29 is 4.74 Å². The molecule has 1 spiro atoms. The van der Waals surface area contributed by atoms with Gasteiger partial charge in [-0.05, 0) is 69.8 Å². The molecule has 96 valence electrons. The zero-order valence-electron chi connectivity index (χ0n) is 11.6. The van der Waals surface area contributed by atoms with Crippen LogP contribution in [0.2, 0.25) is 0 Å². The molecular weight excluding hydrogens is 208 g/mol. The fourth-order valence-corrected chi connectivity index (χ4v) is 4.59. The minimum Gasteiger partial charge on any atom is -0.364 e. The molecule has 17 heavy (non-hydrogen) atoms. The first-order valence-corrected chi connectivity index (χ1v) is 7.48. The van der Waals surface area contributed by atoms with E-state index >= 15 is 0 Å². The van der Waals surface area contributed by atoms with Crippen LogP contribution in [0.15, 0.2) is 11.6 Å². The molecule has 0 aromatic heterocycles. The average molecular weight is 234 g/mol. The molecule has 2 fully saturated rings. The van der Waals surface area contributed by atoms with Crippen molar-refractivity contribution >= 4 is 0 Å². The number of allylic oxidation sites excluding steroid dienone is 1. The van der Waals surface area contributed by atoms with Crippen molar-refractivity contribution in [2.24, 2.45) is 11.8 Å². The quantitative estimate of drug-likeness (QED) is 0.640. The lowest BCUT2D eigenvalue weighted by Crippen LogP contribution is -2.44. The van der Waals surface area contributed by atoms with Gasteiger partial charge in [-0.25, -0.2) is 0 Å².